The van der Waals surface area contributed by atoms with E-state index in [1.807, 2.05) is 66.7 Å². The number of para-hydroxylation sites is 2. The molecular weight excluding hydrogens is 348 g/mol. The molecule has 2 aromatic carbocycles. The Morgan fingerprint density at radius 2 is 1.77 bits per heavy atom. The highest BCUT2D eigenvalue weighted by molar-refractivity contribution is 7.17. The maximum atomic E-state index is 6.02. The van der Waals surface area contributed by atoms with Crippen molar-refractivity contribution < 1.29 is 9.47 Å². The van der Waals surface area contributed by atoms with E-state index in [1.54, 1.807) is 4.52 Å². The smallest absolute Gasteiger partial charge is 0.235 e. The van der Waals surface area contributed by atoms with E-state index in [4.69, 9.17) is 9.47 Å². The monoisotopic (exact) mass is 362 g/mol. The fourth-order valence-corrected chi connectivity index (χ4v) is 3.54. The molecule has 0 radical (unpaired) electrons. The Balaban J connectivity index is 1.43. The van der Waals surface area contributed by atoms with Crippen molar-refractivity contribution in [1.82, 2.24) is 19.8 Å². The van der Waals surface area contributed by atoms with Gasteiger partial charge in [0, 0.05) is 0 Å². The Hall–Kier alpha value is -3.19. The van der Waals surface area contributed by atoms with E-state index >= 15 is 0 Å². The fraction of sp³-hybridized carbons (Fsp3) is 0.105. The van der Waals surface area contributed by atoms with Gasteiger partial charge < -0.3 is 9.47 Å². The summed E-state index contributed by atoms with van der Waals surface area (Å²) in [6, 6.07) is 17.7. The van der Waals surface area contributed by atoms with Crippen molar-refractivity contribution in [3.05, 3.63) is 71.0 Å². The maximum Gasteiger partial charge on any atom is 0.235 e. The second kappa shape index (κ2) is 6.27. The number of rotatable bonds is 3. The van der Waals surface area contributed by atoms with Crippen LogP contribution in [0.1, 0.15) is 22.5 Å². The second-order valence-corrected chi connectivity index (χ2v) is 6.79. The zero-order valence-electron chi connectivity index (χ0n) is 13.6. The topological polar surface area (TPSA) is 61.5 Å². The minimum absolute atomic E-state index is 0.340. The summed E-state index contributed by atoms with van der Waals surface area (Å²) >= 11 is 1.48. The van der Waals surface area contributed by atoms with Gasteiger partial charge in [0.2, 0.25) is 4.96 Å². The Morgan fingerprint density at radius 1 is 0.962 bits per heavy atom. The molecule has 3 heterocycles. The summed E-state index contributed by atoms with van der Waals surface area (Å²) in [4.78, 5) is 0.732. The minimum Gasteiger partial charge on any atom is -0.485 e. The molecule has 2 aromatic heterocycles. The van der Waals surface area contributed by atoms with Gasteiger partial charge in [-0.25, -0.2) is 0 Å². The molecule has 0 N–H and O–H groups in total. The van der Waals surface area contributed by atoms with E-state index in [0.29, 0.717) is 18.2 Å². The number of ether oxygens (including phenoxy) is 2. The molecule has 26 heavy (non-hydrogen) atoms. The molecular formula is C19H14N4O2S. The standard InChI is InChI=1S/C19H14N4O2S/c1-2-6-13(7-3-1)10-11-17-22-23-18(20-21-19(23)26-17)16-12-24-14-8-4-5-9-15(14)25-16/h1-11,16H,12H2/b11-10+. The Kier molecular flexibility index (Phi) is 3.64. The summed E-state index contributed by atoms with van der Waals surface area (Å²) in [6.45, 7) is 0.379. The zero-order chi connectivity index (χ0) is 17.3. The number of fused-ring (bicyclic) bond motifs is 2. The lowest BCUT2D eigenvalue weighted by Crippen LogP contribution is -2.23. The van der Waals surface area contributed by atoms with Gasteiger partial charge in [0.1, 0.15) is 11.6 Å². The molecule has 0 saturated heterocycles. The molecule has 0 fully saturated rings. The van der Waals surface area contributed by atoms with Crippen LogP contribution in [0.15, 0.2) is 54.6 Å². The van der Waals surface area contributed by atoms with Gasteiger partial charge in [0.05, 0.1) is 0 Å². The van der Waals surface area contributed by atoms with E-state index in [1.165, 1.54) is 11.3 Å². The molecule has 6 nitrogen and oxygen atoms in total. The van der Waals surface area contributed by atoms with Crippen molar-refractivity contribution in [3.8, 4) is 11.5 Å². The van der Waals surface area contributed by atoms with Gasteiger partial charge in [-0.05, 0) is 23.8 Å². The summed E-state index contributed by atoms with van der Waals surface area (Å²) in [5.41, 5.74) is 1.12. The van der Waals surface area contributed by atoms with Crippen molar-refractivity contribution in [1.29, 1.82) is 0 Å². The van der Waals surface area contributed by atoms with Crippen molar-refractivity contribution in [2.24, 2.45) is 0 Å². The highest BCUT2D eigenvalue weighted by Gasteiger charge is 2.27. The molecule has 0 aliphatic carbocycles. The summed E-state index contributed by atoms with van der Waals surface area (Å²) < 4.78 is 13.5. The molecule has 0 saturated carbocycles. The highest BCUT2D eigenvalue weighted by Crippen LogP contribution is 2.35. The first kappa shape index (κ1) is 15.1. The lowest BCUT2D eigenvalue weighted by atomic mass is 10.2. The molecule has 128 valence electrons. The molecule has 1 atom stereocenters. The van der Waals surface area contributed by atoms with E-state index in [0.717, 1.165) is 21.3 Å². The molecule has 7 heteroatoms. The lowest BCUT2D eigenvalue weighted by molar-refractivity contribution is 0.0836. The van der Waals surface area contributed by atoms with Gasteiger partial charge in [-0.15, -0.1) is 10.2 Å². The quantitative estimate of drug-likeness (QED) is 0.554. The van der Waals surface area contributed by atoms with E-state index < -0.39 is 0 Å². The van der Waals surface area contributed by atoms with Crippen molar-refractivity contribution in [2.75, 3.05) is 6.61 Å². The molecule has 4 aromatic rings. The maximum absolute atomic E-state index is 6.02. The summed E-state index contributed by atoms with van der Waals surface area (Å²) in [6.07, 6.45) is 3.67. The third-order valence-corrected chi connectivity index (χ3v) is 4.91. The van der Waals surface area contributed by atoms with E-state index in [-0.39, 0.29) is 6.10 Å². The number of hydrogen-bond acceptors (Lipinski definition) is 6. The van der Waals surface area contributed by atoms with Crippen molar-refractivity contribution in [2.45, 2.75) is 6.10 Å². The molecule has 1 aliphatic rings. The van der Waals surface area contributed by atoms with Crippen LogP contribution in [0.3, 0.4) is 0 Å². The average molecular weight is 362 g/mol. The molecule has 0 bridgehead atoms. The first-order valence-electron chi connectivity index (χ1n) is 8.20. The van der Waals surface area contributed by atoms with Gasteiger partial charge in [0.25, 0.3) is 0 Å². The summed E-state index contributed by atoms with van der Waals surface area (Å²) in [7, 11) is 0. The van der Waals surface area contributed by atoms with Gasteiger partial charge >= 0.3 is 0 Å². The fourth-order valence-electron chi connectivity index (χ4n) is 2.79. The van der Waals surface area contributed by atoms with Gasteiger partial charge in [-0.1, -0.05) is 59.9 Å². The Bertz CT molecular complexity index is 1090. The Labute approximate surface area is 153 Å². The van der Waals surface area contributed by atoms with Crippen LogP contribution in [0.5, 0.6) is 11.5 Å². The van der Waals surface area contributed by atoms with E-state index in [2.05, 4.69) is 15.3 Å². The first-order chi connectivity index (χ1) is 12.9. The van der Waals surface area contributed by atoms with Crippen molar-refractivity contribution >= 4 is 28.4 Å². The van der Waals surface area contributed by atoms with Gasteiger partial charge in [0.15, 0.2) is 23.4 Å². The molecule has 0 amide bonds. The number of aromatic nitrogens is 4. The Morgan fingerprint density at radius 3 is 2.65 bits per heavy atom. The molecule has 5 rings (SSSR count). The molecule has 1 unspecified atom stereocenters. The minimum atomic E-state index is -0.340. The predicted molar refractivity (Wildman–Crippen MR) is 99.3 cm³/mol. The van der Waals surface area contributed by atoms with Crippen LogP contribution < -0.4 is 9.47 Å². The van der Waals surface area contributed by atoms with Crippen LogP contribution in [0.4, 0.5) is 0 Å². The third-order valence-electron chi connectivity index (χ3n) is 4.05. The lowest BCUT2D eigenvalue weighted by Gasteiger charge is -2.24. The predicted octanol–water partition coefficient (Wildman–Crippen LogP) is 3.87. The van der Waals surface area contributed by atoms with Crippen LogP contribution >= 0.6 is 11.3 Å². The third kappa shape index (κ3) is 2.72. The zero-order valence-corrected chi connectivity index (χ0v) is 14.5. The van der Waals surface area contributed by atoms with Crippen LogP contribution in [0.25, 0.3) is 17.1 Å². The van der Waals surface area contributed by atoms with Gasteiger partial charge in [-0.2, -0.15) is 9.61 Å². The average Bonchev–Trinajstić information content (AvgIpc) is 3.27. The molecule has 1 aliphatic heterocycles. The summed E-state index contributed by atoms with van der Waals surface area (Å²) in [5.74, 6) is 2.10. The van der Waals surface area contributed by atoms with Crippen LogP contribution in [-0.2, 0) is 0 Å². The number of hydrogen-bond donors (Lipinski definition) is 0. The number of nitrogens with zero attached hydrogens (tertiary/aromatic N) is 4. The highest BCUT2D eigenvalue weighted by atomic mass is 32.1. The normalized spacial score (nSPS) is 16.4. The van der Waals surface area contributed by atoms with Crippen molar-refractivity contribution in [3.63, 3.8) is 0 Å². The van der Waals surface area contributed by atoms with Gasteiger partial charge in [-0.3, -0.25) is 0 Å². The largest absolute Gasteiger partial charge is 0.485 e. The summed E-state index contributed by atoms with van der Waals surface area (Å²) in [5, 5.41) is 13.9. The van der Waals surface area contributed by atoms with Crippen LogP contribution in [0, 0.1) is 0 Å². The SMILES string of the molecule is C(=C\c1nn2c(C3COc4ccccc4O3)nnc2s1)/c1ccccc1. The number of benzene rings is 2. The van der Waals surface area contributed by atoms with Crippen LogP contribution in [0.2, 0.25) is 0 Å². The van der Waals surface area contributed by atoms with E-state index in [9.17, 15) is 0 Å². The molecule has 0 spiro atoms. The first-order valence-corrected chi connectivity index (χ1v) is 9.02. The second-order valence-electron chi connectivity index (χ2n) is 5.80. The van der Waals surface area contributed by atoms with Crippen LogP contribution in [-0.4, -0.2) is 26.4 Å².